The van der Waals surface area contributed by atoms with E-state index in [-0.39, 0.29) is 17.5 Å². The summed E-state index contributed by atoms with van der Waals surface area (Å²) in [6, 6.07) is 24.5. The maximum Gasteiger partial charge on any atom is 0.170 e. The van der Waals surface area contributed by atoms with E-state index in [0.717, 1.165) is 23.8 Å². The van der Waals surface area contributed by atoms with Gasteiger partial charge in [0, 0.05) is 49.8 Å². The SMILES string of the molecule is O=C1CC(c2cccs2)CC(=O)C1=C1N(Cc2ccccc2)CCN1Cc1ccccc1. The second kappa shape index (κ2) is 9.13. The largest absolute Gasteiger partial charge is 0.351 e. The van der Waals surface area contributed by atoms with Crippen LogP contribution in [0.3, 0.4) is 0 Å². The summed E-state index contributed by atoms with van der Waals surface area (Å²) in [7, 11) is 0. The summed E-state index contributed by atoms with van der Waals surface area (Å²) in [5.74, 6) is 0.781. The fraction of sp³-hybridized carbons (Fsp3) is 0.259. The predicted octanol–water partition coefficient (Wildman–Crippen LogP) is 4.99. The lowest BCUT2D eigenvalue weighted by Gasteiger charge is -2.30. The maximum absolute atomic E-state index is 13.4. The van der Waals surface area contributed by atoms with E-state index in [4.69, 9.17) is 0 Å². The number of hydrogen-bond donors (Lipinski definition) is 0. The van der Waals surface area contributed by atoms with Crippen LogP contribution in [-0.2, 0) is 22.7 Å². The zero-order valence-corrected chi connectivity index (χ0v) is 18.8. The quantitative estimate of drug-likeness (QED) is 0.412. The Balaban J connectivity index is 1.49. The van der Waals surface area contributed by atoms with Crippen LogP contribution in [0, 0.1) is 0 Å². The number of carbonyl (C=O) groups is 2. The molecule has 0 unspecified atom stereocenters. The number of ketones is 2. The van der Waals surface area contributed by atoms with Gasteiger partial charge in [0.05, 0.1) is 0 Å². The number of Topliss-reactive ketones (excluding diaryl/α,β-unsaturated/α-hetero) is 2. The number of allylic oxidation sites excluding steroid dienone is 1. The molecule has 1 aliphatic heterocycles. The minimum absolute atomic E-state index is 0.00546. The van der Waals surface area contributed by atoms with E-state index in [1.807, 2.05) is 53.9 Å². The zero-order chi connectivity index (χ0) is 21.9. The highest BCUT2D eigenvalue weighted by Crippen LogP contribution is 2.37. The summed E-state index contributed by atoms with van der Waals surface area (Å²) in [5, 5.41) is 2.01. The Hall–Kier alpha value is -3.18. The molecular formula is C27H26N2O2S. The molecule has 3 aromatic rings. The molecule has 1 saturated carbocycles. The molecule has 1 saturated heterocycles. The summed E-state index contributed by atoms with van der Waals surface area (Å²) in [4.78, 5) is 32.3. The number of rotatable bonds is 5. The fourth-order valence-corrected chi connectivity index (χ4v) is 5.57. The van der Waals surface area contributed by atoms with Gasteiger partial charge in [-0.15, -0.1) is 11.3 Å². The molecular weight excluding hydrogens is 416 g/mol. The molecule has 2 aliphatic rings. The molecule has 1 aromatic heterocycles. The Morgan fingerprint density at radius 3 is 1.72 bits per heavy atom. The molecule has 162 valence electrons. The molecule has 5 rings (SSSR count). The van der Waals surface area contributed by atoms with E-state index in [1.165, 1.54) is 11.1 Å². The molecule has 0 radical (unpaired) electrons. The molecule has 0 N–H and O–H groups in total. The standard InChI is InChI=1S/C27H26N2O2S/c30-23-16-22(25-12-7-15-32-25)17-24(31)26(23)27-28(18-20-8-3-1-4-9-20)13-14-29(27)19-21-10-5-2-6-11-21/h1-12,15,22H,13-14,16-19H2. The third-order valence-electron chi connectivity index (χ3n) is 6.26. The van der Waals surface area contributed by atoms with Crippen LogP contribution in [0.4, 0.5) is 0 Å². The van der Waals surface area contributed by atoms with Crippen molar-refractivity contribution in [2.24, 2.45) is 0 Å². The van der Waals surface area contributed by atoms with Crippen molar-refractivity contribution in [1.29, 1.82) is 0 Å². The molecule has 0 spiro atoms. The van der Waals surface area contributed by atoms with Gasteiger partial charge in [-0.3, -0.25) is 9.59 Å². The lowest BCUT2D eigenvalue weighted by atomic mass is 9.82. The van der Waals surface area contributed by atoms with E-state index < -0.39 is 0 Å². The smallest absolute Gasteiger partial charge is 0.170 e. The Kier molecular flexibility index (Phi) is 5.91. The highest BCUT2D eigenvalue weighted by molar-refractivity contribution is 7.10. The van der Waals surface area contributed by atoms with Gasteiger partial charge in [0.1, 0.15) is 11.4 Å². The average molecular weight is 443 g/mol. The Morgan fingerprint density at radius 1 is 0.719 bits per heavy atom. The first-order valence-corrected chi connectivity index (χ1v) is 12.0. The molecule has 4 nitrogen and oxygen atoms in total. The zero-order valence-electron chi connectivity index (χ0n) is 17.9. The first-order valence-electron chi connectivity index (χ1n) is 11.1. The molecule has 2 fully saturated rings. The van der Waals surface area contributed by atoms with Crippen molar-refractivity contribution in [3.8, 4) is 0 Å². The van der Waals surface area contributed by atoms with Crippen LogP contribution in [0.5, 0.6) is 0 Å². The molecule has 5 heteroatoms. The van der Waals surface area contributed by atoms with Gasteiger partial charge in [-0.2, -0.15) is 0 Å². The van der Waals surface area contributed by atoms with E-state index in [2.05, 4.69) is 34.1 Å². The highest BCUT2D eigenvalue weighted by Gasteiger charge is 2.39. The van der Waals surface area contributed by atoms with Gasteiger partial charge in [-0.1, -0.05) is 66.7 Å². The predicted molar refractivity (Wildman–Crippen MR) is 127 cm³/mol. The number of carbonyl (C=O) groups excluding carboxylic acids is 2. The summed E-state index contributed by atoms with van der Waals surface area (Å²) in [6.45, 7) is 2.99. The van der Waals surface area contributed by atoms with Gasteiger partial charge >= 0.3 is 0 Å². The maximum atomic E-state index is 13.4. The third-order valence-corrected chi connectivity index (χ3v) is 7.30. The fourth-order valence-electron chi connectivity index (χ4n) is 4.74. The van der Waals surface area contributed by atoms with Crippen LogP contribution in [0.1, 0.15) is 34.8 Å². The monoisotopic (exact) mass is 442 g/mol. The normalized spacial score (nSPS) is 19.2. The van der Waals surface area contributed by atoms with Crippen molar-refractivity contribution in [1.82, 2.24) is 9.80 Å². The molecule has 0 amide bonds. The van der Waals surface area contributed by atoms with Crippen molar-refractivity contribution in [2.45, 2.75) is 31.8 Å². The van der Waals surface area contributed by atoms with Crippen molar-refractivity contribution in [2.75, 3.05) is 13.1 Å². The molecule has 32 heavy (non-hydrogen) atoms. The summed E-state index contributed by atoms with van der Waals surface area (Å²) >= 11 is 1.63. The van der Waals surface area contributed by atoms with E-state index in [9.17, 15) is 9.59 Å². The van der Waals surface area contributed by atoms with E-state index in [0.29, 0.717) is 31.5 Å². The number of nitrogens with zero attached hydrogens (tertiary/aromatic N) is 2. The van der Waals surface area contributed by atoms with Gasteiger partial charge in [0.15, 0.2) is 11.6 Å². The molecule has 0 bridgehead atoms. The molecule has 2 heterocycles. The van der Waals surface area contributed by atoms with Crippen LogP contribution < -0.4 is 0 Å². The summed E-state index contributed by atoms with van der Waals surface area (Å²) in [6.07, 6.45) is 0.812. The van der Waals surface area contributed by atoms with Crippen LogP contribution >= 0.6 is 11.3 Å². The molecule has 1 aliphatic carbocycles. The lowest BCUT2D eigenvalue weighted by molar-refractivity contribution is -0.124. The Labute approximate surface area is 192 Å². The summed E-state index contributed by atoms with van der Waals surface area (Å²) in [5.41, 5.74) is 2.76. The van der Waals surface area contributed by atoms with Crippen molar-refractivity contribution < 1.29 is 9.59 Å². The van der Waals surface area contributed by atoms with Crippen molar-refractivity contribution in [3.05, 3.63) is 106 Å². The van der Waals surface area contributed by atoms with Crippen molar-refractivity contribution >= 4 is 22.9 Å². The van der Waals surface area contributed by atoms with E-state index >= 15 is 0 Å². The number of thiophene rings is 1. The van der Waals surface area contributed by atoms with E-state index in [1.54, 1.807) is 11.3 Å². The Bertz CT molecular complexity index is 1050. The minimum Gasteiger partial charge on any atom is -0.351 e. The second-order valence-corrected chi connectivity index (χ2v) is 9.46. The van der Waals surface area contributed by atoms with Gasteiger partial charge in [0.2, 0.25) is 0 Å². The number of hydrogen-bond acceptors (Lipinski definition) is 5. The van der Waals surface area contributed by atoms with Gasteiger partial charge in [0.25, 0.3) is 0 Å². The van der Waals surface area contributed by atoms with Crippen LogP contribution in [-0.4, -0.2) is 34.5 Å². The number of benzene rings is 2. The first-order chi connectivity index (χ1) is 15.7. The highest BCUT2D eigenvalue weighted by atomic mass is 32.1. The minimum atomic E-state index is -0.0207. The second-order valence-electron chi connectivity index (χ2n) is 8.48. The average Bonchev–Trinajstić information content (AvgIpc) is 3.47. The van der Waals surface area contributed by atoms with Gasteiger partial charge in [-0.25, -0.2) is 0 Å². The molecule has 2 aromatic carbocycles. The lowest BCUT2D eigenvalue weighted by Crippen LogP contribution is -2.33. The summed E-state index contributed by atoms with van der Waals surface area (Å²) < 4.78 is 0. The first kappa shape index (κ1) is 20.7. The third kappa shape index (κ3) is 4.26. The van der Waals surface area contributed by atoms with Crippen molar-refractivity contribution in [3.63, 3.8) is 0 Å². The topological polar surface area (TPSA) is 40.6 Å². The van der Waals surface area contributed by atoms with Crippen LogP contribution in [0.2, 0.25) is 0 Å². The molecule has 0 atom stereocenters. The van der Waals surface area contributed by atoms with Gasteiger partial charge in [-0.05, 0) is 22.6 Å². The Morgan fingerprint density at radius 2 is 1.25 bits per heavy atom. The van der Waals surface area contributed by atoms with Gasteiger partial charge < -0.3 is 9.80 Å². The van der Waals surface area contributed by atoms with Crippen LogP contribution in [0.15, 0.2) is 89.6 Å². The van der Waals surface area contributed by atoms with Crippen LogP contribution in [0.25, 0.3) is 0 Å².